The van der Waals surface area contributed by atoms with Gasteiger partial charge in [0.1, 0.15) is 24.9 Å². The molecule has 1 fully saturated rings. The molecule has 3 unspecified atom stereocenters. The van der Waals surface area contributed by atoms with Crippen LogP contribution in [0.25, 0.3) is 0 Å². The molecule has 0 aliphatic carbocycles. The molecule has 0 aromatic rings. The fraction of sp³-hybridized carbons (Fsp3) is 0.700. The fourth-order valence-electron chi connectivity index (χ4n) is 1.44. The van der Waals surface area contributed by atoms with Gasteiger partial charge in [-0.1, -0.05) is 0 Å². The predicted octanol–water partition coefficient (Wildman–Crippen LogP) is -1.06. The van der Waals surface area contributed by atoms with E-state index in [9.17, 15) is 14.4 Å². The zero-order valence-corrected chi connectivity index (χ0v) is 9.38. The largest absolute Gasteiger partial charge is 0.353 e. The first kappa shape index (κ1) is 12.8. The predicted molar refractivity (Wildman–Crippen MR) is 55.6 cm³/mol. The highest BCUT2D eigenvalue weighted by molar-refractivity contribution is 5.81. The van der Waals surface area contributed by atoms with E-state index in [0.717, 1.165) is 6.29 Å². The van der Waals surface area contributed by atoms with Crippen LogP contribution in [0.2, 0.25) is 0 Å². The van der Waals surface area contributed by atoms with Crippen LogP contribution in [-0.4, -0.2) is 55.3 Å². The molecular weight excluding hydrogens is 212 g/mol. The number of hydrogen-bond acceptors (Lipinski definition) is 5. The van der Waals surface area contributed by atoms with Crippen molar-refractivity contribution in [3.05, 3.63) is 0 Å². The molecule has 6 heteroatoms. The number of nitrogens with one attached hydrogen (secondary N) is 1. The van der Waals surface area contributed by atoms with E-state index in [2.05, 4.69) is 5.32 Å². The zero-order valence-electron chi connectivity index (χ0n) is 9.38. The molecule has 0 aromatic heterocycles. The van der Waals surface area contributed by atoms with Gasteiger partial charge in [0.25, 0.3) is 0 Å². The van der Waals surface area contributed by atoms with Crippen molar-refractivity contribution in [2.24, 2.45) is 0 Å². The molecule has 0 radical (unpaired) electrons. The van der Waals surface area contributed by atoms with Gasteiger partial charge in [-0.25, -0.2) is 0 Å². The molecule has 3 atom stereocenters. The summed E-state index contributed by atoms with van der Waals surface area (Å²) in [5.74, 6) is -0.234. The van der Waals surface area contributed by atoms with E-state index >= 15 is 0 Å². The number of ether oxygens (including phenoxy) is 1. The Labute approximate surface area is 93.9 Å². The summed E-state index contributed by atoms with van der Waals surface area (Å²) in [4.78, 5) is 33.6. The van der Waals surface area contributed by atoms with E-state index in [1.807, 2.05) is 0 Å². The number of epoxide rings is 1. The lowest BCUT2D eigenvalue weighted by Crippen LogP contribution is -2.41. The van der Waals surface area contributed by atoms with Gasteiger partial charge in [0.15, 0.2) is 0 Å². The van der Waals surface area contributed by atoms with Gasteiger partial charge in [-0.2, -0.15) is 0 Å². The smallest absolute Gasteiger partial charge is 0.234 e. The van der Waals surface area contributed by atoms with Crippen molar-refractivity contribution >= 4 is 18.5 Å². The van der Waals surface area contributed by atoms with E-state index in [0.29, 0.717) is 12.7 Å². The maximum absolute atomic E-state index is 11.4. The van der Waals surface area contributed by atoms with Gasteiger partial charge < -0.3 is 19.6 Å². The molecule has 0 aromatic carbocycles. The maximum atomic E-state index is 11.4. The van der Waals surface area contributed by atoms with Crippen LogP contribution in [0.15, 0.2) is 0 Å². The molecule has 1 amide bonds. The van der Waals surface area contributed by atoms with Gasteiger partial charge >= 0.3 is 0 Å². The van der Waals surface area contributed by atoms with Crippen LogP contribution < -0.4 is 5.32 Å². The van der Waals surface area contributed by atoms with Crippen molar-refractivity contribution in [2.45, 2.75) is 31.7 Å². The van der Waals surface area contributed by atoms with Crippen molar-refractivity contribution in [3.63, 3.8) is 0 Å². The third-order valence-electron chi connectivity index (χ3n) is 2.30. The molecular formula is C10H16N2O4. The lowest BCUT2D eigenvalue weighted by molar-refractivity contribution is -0.124. The minimum absolute atomic E-state index is 0.0983. The first-order chi connectivity index (χ1) is 7.58. The average Bonchev–Trinajstić information content (AvgIpc) is 2.97. The normalized spacial score (nSPS) is 24.9. The summed E-state index contributed by atoms with van der Waals surface area (Å²) in [7, 11) is 1.74. The van der Waals surface area contributed by atoms with Crippen molar-refractivity contribution in [1.29, 1.82) is 0 Å². The summed E-state index contributed by atoms with van der Waals surface area (Å²) in [6.07, 6.45) is 1.55. The monoisotopic (exact) mass is 228 g/mol. The molecule has 1 aliphatic heterocycles. The highest BCUT2D eigenvalue weighted by Gasteiger charge is 2.41. The second-order valence-electron chi connectivity index (χ2n) is 3.87. The molecule has 0 bridgehead atoms. The Bertz CT molecular complexity index is 282. The van der Waals surface area contributed by atoms with Gasteiger partial charge in [-0.3, -0.25) is 9.69 Å². The van der Waals surface area contributed by atoms with Crippen LogP contribution in [-0.2, 0) is 19.1 Å². The SMILES string of the molecule is CC(C=O)NC(=O)CN(C)C1OC1CC=O. The molecule has 1 saturated heterocycles. The van der Waals surface area contributed by atoms with Gasteiger partial charge in [0.05, 0.1) is 12.6 Å². The summed E-state index contributed by atoms with van der Waals surface area (Å²) >= 11 is 0. The number of carbonyl (C=O) groups is 3. The molecule has 6 nitrogen and oxygen atoms in total. The molecule has 1 heterocycles. The zero-order chi connectivity index (χ0) is 12.1. The lowest BCUT2D eigenvalue weighted by Gasteiger charge is -2.14. The number of nitrogens with zero attached hydrogens (tertiary/aromatic N) is 1. The quantitative estimate of drug-likeness (QED) is 0.443. The summed E-state index contributed by atoms with van der Waals surface area (Å²) in [6, 6.07) is -0.480. The summed E-state index contributed by atoms with van der Waals surface area (Å²) < 4.78 is 5.20. The number of amides is 1. The first-order valence-electron chi connectivity index (χ1n) is 5.12. The van der Waals surface area contributed by atoms with E-state index in [-0.39, 0.29) is 24.8 Å². The van der Waals surface area contributed by atoms with Crippen LogP contribution in [0.5, 0.6) is 0 Å². The van der Waals surface area contributed by atoms with E-state index in [4.69, 9.17) is 4.74 Å². The van der Waals surface area contributed by atoms with Crippen LogP contribution >= 0.6 is 0 Å². The number of likely N-dealkylation sites (N-methyl/N-ethyl adjacent to an activating group) is 1. The first-order valence-corrected chi connectivity index (χ1v) is 5.12. The number of aldehydes is 2. The van der Waals surface area contributed by atoms with Crippen molar-refractivity contribution < 1.29 is 19.1 Å². The fourth-order valence-corrected chi connectivity index (χ4v) is 1.44. The topological polar surface area (TPSA) is 79.0 Å². The number of hydrogen-bond donors (Lipinski definition) is 1. The second kappa shape index (κ2) is 5.72. The van der Waals surface area contributed by atoms with Gasteiger partial charge in [0.2, 0.25) is 5.91 Å². The van der Waals surface area contributed by atoms with Gasteiger partial charge in [-0.05, 0) is 14.0 Å². The van der Waals surface area contributed by atoms with Crippen molar-refractivity contribution in [1.82, 2.24) is 10.2 Å². The van der Waals surface area contributed by atoms with Crippen molar-refractivity contribution in [2.75, 3.05) is 13.6 Å². The molecule has 1 aliphatic rings. The molecule has 0 spiro atoms. The van der Waals surface area contributed by atoms with Gasteiger partial charge in [-0.15, -0.1) is 0 Å². The Balaban J connectivity index is 2.24. The molecule has 1 rings (SSSR count). The number of rotatable bonds is 7. The number of carbonyl (C=O) groups excluding carboxylic acids is 3. The van der Waals surface area contributed by atoms with Crippen LogP contribution in [0, 0.1) is 0 Å². The maximum Gasteiger partial charge on any atom is 0.234 e. The van der Waals surface area contributed by atoms with Crippen molar-refractivity contribution in [3.8, 4) is 0 Å². The van der Waals surface area contributed by atoms with E-state index < -0.39 is 6.04 Å². The summed E-state index contributed by atoms with van der Waals surface area (Å²) in [6.45, 7) is 1.76. The second-order valence-corrected chi connectivity index (χ2v) is 3.87. The Morgan fingerprint density at radius 3 is 2.81 bits per heavy atom. The highest BCUT2D eigenvalue weighted by atomic mass is 16.6. The Morgan fingerprint density at radius 2 is 2.25 bits per heavy atom. The minimum Gasteiger partial charge on any atom is -0.353 e. The van der Waals surface area contributed by atoms with Crippen LogP contribution in [0.4, 0.5) is 0 Å². The molecule has 16 heavy (non-hydrogen) atoms. The Hall–Kier alpha value is -1.27. The molecule has 1 N–H and O–H groups in total. The van der Waals surface area contributed by atoms with Gasteiger partial charge in [0, 0.05) is 6.42 Å². The summed E-state index contributed by atoms with van der Waals surface area (Å²) in [5.41, 5.74) is 0. The van der Waals surface area contributed by atoms with E-state index in [1.54, 1.807) is 18.9 Å². The summed E-state index contributed by atoms with van der Waals surface area (Å²) in [5, 5.41) is 2.52. The van der Waals surface area contributed by atoms with Crippen LogP contribution in [0.1, 0.15) is 13.3 Å². The van der Waals surface area contributed by atoms with Crippen LogP contribution in [0.3, 0.4) is 0 Å². The minimum atomic E-state index is -0.480. The molecule has 0 saturated carbocycles. The Morgan fingerprint density at radius 1 is 1.56 bits per heavy atom. The average molecular weight is 228 g/mol. The lowest BCUT2D eigenvalue weighted by atomic mass is 10.3. The molecule has 90 valence electrons. The third-order valence-corrected chi connectivity index (χ3v) is 2.30. The third kappa shape index (κ3) is 3.71. The standard InChI is InChI=1S/C10H16N2O4/c1-7(6-14)11-9(15)5-12(2)10-8(16-10)3-4-13/h4,6-8,10H,3,5H2,1-2H3,(H,11,15). The highest BCUT2D eigenvalue weighted by Crippen LogP contribution is 2.26. The Kier molecular flexibility index (Phi) is 4.57. The van der Waals surface area contributed by atoms with E-state index in [1.165, 1.54) is 0 Å².